The minimum Gasteiger partial charge on any atom is -0.379 e. The number of carbonyl (C=O) groups excluding carboxylic acids is 1. The summed E-state index contributed by atoms with van der Waals surface area (Å²) in [6.07, 6.45) is 0.780. The highest BCUT2D eigenvalue weighted by Crippen LogP contribution is 2.21. The molecule has 1 aliphatic heterocycles. The Labute approximate surface area is 186 Å². The number of halogens is 1. The monoisotopic (exact) mass is 447 g/mol. The van der Waals surface area contributed by atoms with Crippen molar-refractivity contribution in [1.29, 1.82) is 0 Å². The van der Waals surface area contributed by atoms with Gasteiger partial charge < -0.3 is 20.7 Å². The average Bonchev–Trinajstić information content (AvgIpc) is 3.34. The van der Waals surface area contributed by atoms with Crippen LogP contribution in [0, 0.1) is 5.82 Å². The van der Waals surface area contributed by atoms with Crippen LogP contribution in [0.4, 0.5) is 4.39 Å². The lowest BCUT2D eigenvalue weighted by Gasteiger charge is -2.35. The lowest BCUT2D eigenvalue weighted by Crippen LogP contribution is -2.46. The van der Waals surface area contributed by atoms with E-state index in [9.17, 15) is 9.18 Å². The maximum absolute atomic E-state index is 13.4. The molecule has 1 aromatic heterocycles. The molecule has 1 saturated heterocycles. The fourth-order valence-electron chi connectivity index (χ4n) is 3.44. The number of guanidine groups is 1. The summed E-state index contributed by atoms with van der Waals surface area (Å²) in [5.74, 6) is 0.427. The van der Waals surface area contributed by atoms with Crippen LogP contribution in [0.15, 0.2) is 46.8 Å². The third kappa shape index (κ3) is 7.30. The van der Waals surface area contributed by atoms with Gasteiger partial charge in [0.2, 0.25) is 0 Å². The average molecular weight is 448 g/mol. The standard InChI is InChI=1S/C22H30FN5O2S/c1-24-22(26-10-3-9-25-21(29)20-4-2-15-31-20)27-16-19(28-11-13-30-14-12-28)17-5-7-18(23)8-6-17/h2,4-8,15,19H,3,9-14,16H2,1H3,(H,25,29)(H2,24,26,27). The van der Waals surface area contributed by atoms with E-state index in [0.717, 1.165) is 30.0 Å². The fourth-order valence-corrected chi connectivity index (χ4v) is 4.08. The van der Waals surface area contributed by atoms with Gasteiger partial charge in [-0.2, -0.15) is 0 Å². The second-order valence-electron chi connectivity index (χ2n) is 7.18. The normalized spacial score (nSPS) is 16.0. The van der Waals surface area contributed by atoms with Gasteiger partial charge in [0.05, 0.1) is 24.1 Å². The lowest BCUT2D eigenvalue weighted by atomic mass is 10.0. The Balaban J connectivity index is 1.45. The number of thiophene rings is 1. The smallest absolute Gasteiger partial charge is 0.261 e. The van der Waals surface area contributed by atoms with Crippen LogP contribution in [0.2, 0.25) is 0 Å². The molecule has 0 aliphatic carbocycles. The number of rotatable bonds is 9. The van der Waals surface area contributed by atoms with Crippen molar-refractivity contribution in [2.45, 2.75) is 12.5 Å². The molecule has 1 atom stereocenters. The number of hydrogen-bond donors (Lipinski definition) is 3. The first-order chi connectivity index (χ1) is 15.2. The van der Waals surface area contributed by atoms with E-state index in [0.29, 0.717) is 38.8 Å². The molecule has 168 valence electrons. The number of aliphatic imine (C=N–C) groups is 1. The largest absolute Gasteiger partial charge is 0.379 e. The molecule has 0 bridgehead atoms. The molecule has 0 radical (unpaired) electrons. The van der Waals surface area contributed by atoms with E-state index in [2.05, 4.69) is 25.8 Å². The van der Waals surface area contributed by atoms with Crippen molar-refractivity contribution >= 4 is 23.2 Å². The number of morpholine rings is 1. The van der Waals surface area contributed by atoms with Crippen molar-refractivity contribution in [2.75, 3.05) is 53.0 Å². The van der Waals surface area contributed by atoms with Crippen molar-refractivity contribution < 1.29 is 13.9 Å². The summed E-state index contributed by atoms with van der Waals surface area (Å²) < 4.78 is 18.9. The van der Waals surface area contributed by atoms with E-state index < -0.39 is 0 Å². The summed E-state index contributed by atoms with van der Waals surface area (Å²) in [4.78, 5) is 19.3. The van der Waals surface area contributed by atoms with Gasteiger partial charge in [0.1, 0.15) is 5.82 Å². The van der Waals surface area contributed by atoms with Crippen LogP contribution in [0.25, 0.3) is 0 Å². The van der Waals surface area contributed by atoms with Crippen LogP contribution < -0.4 is 16.0 Å². The second-order valence-corrected chi connectivity index (χ2v) is 8.13. The molecule has 1 aliphatic rings. The minimum absolute atomic E-state index is 0.0369. The molecule has 7 nitrogen and oxygen atoms in total. The zero-order valence-corrected chi connectivity index (χ0v) is 18.6. The number of benzene rings is 1. The molecule has 3 N–H and O–H groups in total. The summed E-state index contributed by atoms with van der Waals surface area (Å²) in [5, 5.41) is 11.5. The molecular weight excluding hydrogens is 417 g/mol. The van der Waals surface area contributed by atoms with E-state index in [1.54, 1.807) is 7.05 Å². The molecule has 31 heavy (non-hydrogen) atoms. The summed E-state index contributed by atoms with van der Waals surface area (Å²) in [6, 6.07) is 10.4. The Kier molecular flexibility index (Phi) is 9.26. The molecule has 9 heteroatoms. The van der Waals surface area contributed by atoms with Gasteiger partial charge in [0.15, 0.2) is 5.96 Å². The maximum Gasteiger partial charge on any atom is 0.261 e. The topological polar surface area (TPSA) is 78.0 Å². The zero-order valence-electron chi connectivity index (χ0n) is 17.8. The van der Waals surface area contributed by atoms with Crippen molar-refractivity contribution in [2.24, 2.45) is 4.99 Å². The van der Waals surface area contributed by atoms with Crippen molar-refractivity contribution in [1.82, 2.24) is 20.9 Å². The molecule has 0 spiro atoms. The number of hydrogen-bond acceptors (Lipinski definition) is 5. The van der Waals surface area contributed by atoms with Gasteiger partial charge in [-0.3, -0.25) is 14.7 Å². The van der Waals surface area contributed by atoms with Crippen LogP contribution >= 0.6 is 11.3 Å². The van der Waals surface area contributed by atoms with E-state index in [-0.39, 0.29) is 17.8 Å². The van der Waals surface area contributed by atoms with Gasteiger partial charge in [0, 0.05) is 39.8 Å². The Bertz CT molecular complexity index is 823. The number of nitrogens with zero attached hydrogens (tertiary/aromatic N) is 2. The lowest BCUT2D eigenvalue weighted by molar-refractivity contribution is 0.0170. The number of carbonyl (C=O) groups is 1. The molecule has 2 aromatic rings. The van der Waals surface area contributed by atoms with Crippen LogP contribution in [0.3, 0.4) is 0 Å². The third-order valence-electron chi connectivity index (χ3n) is 5.10. The summed E-state index contributed by atoms with van der Waals surface area (Å²) >= 11 is 1.43. The van der Waals surface area contributed by atoms with Crippen molar-refractivity contribution in [3.63, 3.8) is 0 Å². The van der Waals surface area contributed by atoms with E-state index in [1.807, 2.05) is 29.6 Å². The van der Waals surface area contributed by atoms with Gasteiger partial charge in [-0.15, -0.1) is 11.3 Å². The molecule has 1 fully saturated rings. The first-order valence-corrected chi connectivity index (χ1v) is 11.4. The van der Waals surface area contributed by atoms with Gasteiger partial charge in [-0.1, -0.05) is 18.2 Å². The summed E-state index contributed by atoms with van der Waals surface area (Å²) in [5.41, 5.74) is 1.06. The number of ether oxygens (including phenoxy) is 1. The molecule has 3 rings (SSSR count). The third-order valence-corrected chi connectivity index (χ3v) is 5.97. The predicted octanol–water partition coefficient (Wildman–Crippen LogP) is 2.25. The Morgan fingerprint density at radius 1 is 1.16 bits per heavy atom. The Morgan fingerprint density at radius 3 is 2.58 bits per heavy atom. The first kappa shape index (κ1) is 23.2. The van der Waals surface area contributed by atoms with Crippen LogP contribution in [0.1, 0.15) is 27.7 Å². The molecule has 1 unspecified atom stereocenters. The van der Waals surface area contributed by atoms with Gasteiger partial charge >= 0.3 is 0 Å². The predicted molar refractivity (Wildman–Crippen MR) is 122 cm³/mol. The van der Waals surface area contributed by atoms with Gasteiger partial charge in [0.25, 0.3) is 5.91 Å². The molecule has 1 amide bonds. The van der Waals surface area contributed by atoms with Crippen molar-refractivity contribution in [3.05, 3.63) is 58.0 Å². The van der Waals surface area contributed by atoms with E-state index >= 15 is 0 Å². The Morgan fingerprint density at radius 2 is 1.90 bits per heavy atom. The SMILES string of the molecule is CN=C(NCCCNC(=O)c1cccs1)NCC(c1ccc(F)cc1)N1CCOCC1. The van der Waals surface area contributed by atoms with Crippen LogP contribution in [-0.4, -0.2) is 69.8 Å². The number of nitrogens with one attached hydrogen (secondary N) is 3. The first-order valence-electron chi connectivity index (χ1n) is 10.5. The number of amides is 1. The summed E-state index contributed by atoms with van der Waals surface area (Å²) in [7, 11) is 1.73. The van der Waals surface area contributed by atoms with Gasteiger partial charge in [-0.25, -0.2) is 4.39 Å². The van der Waals surface area contributed by atoms with E-state index in [4.69, 9.17) is 4.74 Å². The van der Waals surface area contributed by atoms with Crippen LogP contribution in [-0.2, 0) is 4.74 Å². The highest BCUT2D eigenvalue weighted by Gasteiger charge is 2.23. The molecular formula is C22H30FN5O2S. The molecule has 2 heterocycles. The highest BCUT2D eigenvalue weighted by molar-refractivity contribution is 7.12. The summed E-state index contributed by atoms with van der Waals surface area (Å²) in [6.45, 7) is 4.97. The second kappa shape index (κ2) is 12.4. The quantitative estimate of drug-likeness (QED) is 0.312. The molecule has 1 aromatic carbocycles. The maximum atomic E-state index is 13.4. The van der Waals surface area contributed by atoms with Gasteiger partial charge in [-0.05, 0) is 35.6 Å². The van der Waals surface area contributed by atoms with Crippen LogP contribution in [0.5, 0.6) is 0 Å². The van der Waals surface area contributed by atoms with E-state index in [1.165, 1.54) is 23.5 Å². The zero-order chi connectivity index (χ0) is 21.9. The van der Waals surface area contributed by atoms with Crippen molar-refractivity contribution in [3.8, 4) is 0 Å². The minimum atomic E-state index is -0.235. The Hall–Kier alpha value is -2.49. The highest BCUT2D eigenvalue weighted by atomic mass is 32.1. The molecule has 0 saturated carbocycles. The fraction of sp³-hybridized carbons (Fsp3) is 0.455.